The first kappa shape index (κ1) is 32.3. The molecule has 0 bridgehead atoms. The van der Waals surface area contributed by atoms with Crippen molar-refractivity contribution in [3.63, 3.8) is 0 Å². The van der Waals surface area contributed by atoms with Crippen LogP contribution >= 0.6 is 0 Å². The molecule has 0 amide bonds. The van der Waals surface area contributed by atoms with Gasteiger partial charge in [0.05, 0.1) is 6.61 Å². The molecule has 5 nitrogen and oxygen atoms in total. The summed E-state index contributed by atoms with van der Waals surface area (Å²) in [6.45, 7) is 3.57. The lowest BCUT2D eigenvalue weighted by molar-refractivity contribution is -0.145. The van der Waals surface area contributed by atoms with Crippen molar-refractivity contribution in [2.24, 2.45) is 5.92 Å². The molecule has 0 aromatic heterocycles. The molecule has 4 aromatic carbocycles. The van der Waals surface area contributed by atoms with E-state index in [1.807, 2.05) is 19.1 Å². The van der Waals surface area contributed by atoms with Crippen molar-refractivity contribution in [1.29, 1.82) is 0 Å². The third-order valence-electron chi connectivity index (χ3n) is 8.59. The number of hydrogen-bond acceptors (Lipinski definition) is 5. The first-order valence-corrected chi connectivity index (χ1v) is 16.4. The minimum atomic E-state index is -0.337. The van der Waals surface area contributed by atoms with Gasteiger partial charge in [-0.05, 0) is 96.6 Å². The molecule has 4 aromatic rings. The molecule has 5 heteroatoms. The normalized spacial score (nSPS) is 13.5. The average molecular weight is 606 g/mol. The highest BCUT2D eigenvalue weighted by molar-refractivity contribution is 5.72. The van der Waals surface area contributed by atoms with Crippen molar-refractivity contribution in [2.45, 2.75) is 51.9 Å². The molecule has 1 saturated carbocycles. The number of nitrogens with zero attached hydrogens (tertiary/aromatic N) is 1. The fourth-order valence-electron chi connectivity index (χ4n) is 6.14. The van der Waals surface area contributed by atoms with Crippen LogP contribution in [-0.4, -0.2) is 51.3 Å². The molecule has 0 aliphatic heterocycles. The van der Waals surface area contributed by atoms with Crippen LogP contribution in [0.2, 0.25) is 0 Å². The zero-order valence-electron chi connectivity index (χ0n) is 27.1. The van der Waals surface area contributed by atoms with E-state index in [9.17, 15) is 4.79 Å². The molecule has 1 fully saturated rings. The van der Waals surface area contributed by atoms with Gasteiger partial charge in [-0.1, -0.05) is 98.8 Å². The first-order valence-electron chi connectivity index (χ1n) is 16.4. The van der Waals surface area contributed by atoms with Gasteiger partial charge in [0, 0.05) is 13.0 Å². The second kappa shape index (κ2) is 16.3. The van der Waals surface area contributed by atoms with Gasteiger partial charge in [-0.3, -0.25) is 0 Å². The highest BCUT2D eigenvalue weighted by Gasteiger charge is 2.18. The Labute approximate surface area is 269 Å². The second-order valence-corrected chi connectivity index (χ2v) is 12.3. The van der Waals surface area contributed by atoms with E-state index in [0.29, 0.717) is 19.1 Å². The van der Waals surface area contributed by atoms with Crippen LogP contribution in [0.1, 0.15) is 55.7 Å². The number of rotatable bonds is 14. The Hall–Kier alpha value is -4.09. The van der Waals surface area contributed by atoms with Gasteiger partial charge >= 0.3 is 5.97 Å². The van der Waals surface area contributed by atoms with Crippen LogP contribution in [-0.2, 0) is 22.4 Å². The van der Waals surface area contributed by atoms with Crippen molar-refractivity contribution in [1.82, 2.24) is 4.90 Å². The number of benzene rings is 4. The second-order valence-electron chi connectivity index (χ2n) is 12.3. The monoisotopic (exact) mass is 605 g/mol. The Kier molecular flexibility index (Phi) is 11.7. The van der Waals surface area contributed by atoms with E-state index < -0.39 is 0 Å². The number of ether oxygens (including phenoxy) is 3. The van der Waals surface area contributed by atoms with Crippen molar-refractivity contribution in [2.75, 3.05) is 40.5 Å². The molecule has 0 heterocycles. The van der Waals surface area contributed by atoms with E-state index in [1.165, 1.54) is 48.8 Å². The van der Waals surface area contributed by atoms with Crippen LogP contribution in [0.4, 0.5) is 0 Å². The minimum absolute atomic E-state index is 0.0724. The maximum Gasteiger partial charge on any atom is 0.344 e. The molecule has 5 rings (SSSR count). The van der Waals surface area contributed by atoms with Crippen LogP contribution in [0.3, 0.4) is 0 Å². The maximum atomic E-state index is 12.1. The van der Waals surface area contributed by atoms with E-state index in [4.69, 9.17) is 14.2 Å². The number of esters is 1. The predicted octanol–water partition coefficient (Wildman–Crippen LogP) is 8.62. The SMILES string of the molecule is CCOC(=O)COc1ccc(-c2ccc(OCCN(C)C)c(Cc3ccc(-c4ccccc4)cc3)c2)cc1CC1CCCCC1. The van der Waals surface area contributed by atoms with Crippen LogP contribution in [0.5, 0.6) is 11.5 Å². The lowest BCUT2D eigenvalue weighted by Gasteiger charge is -2.23. The summed E-state index contributed by atoms with van der Waals surface area (Å²) < 4.78 is 17.4. The molecule has 0 radical (unpaired) electrons. The highest BCUT2D eigenvalue weighted by atomic mass is 16.6. The Morgan fingerprint density at radius 1 is 0.733 bits per heavy atom. The molecular formula is C40H47NO4. The van der Waals surface area contributed by atoms with E-state index in [0.717, 1.165) is 53.1 Å². The van der Waals surface area contributed by atoms with E-state index in [2.05, 4.69) is 97.9 Å². The average Bonchev–Trinajstić information content (AvgIpc) is 3.06. The summed E-state index contributed by atoms with van der Waals surface area (Å²) in [7, 11) is 4.12. The molecule has 45 heavy (non-hydrogen) atoms. The van der Waals surface area contributed by atoms with E-state index in [-0.39, 0.29) is 12.6 Å². The molecule has 1 aliphatic carbocycles. The Morgan fingerprint density at radius 2 is 1.36 bits per heavy atom. The van der Waals surface area contributed by atoms with Crippen molar-refractivity contribution in [3.05, 3.63) is 108 Å². The zero-order chi connectivity index (χ0) is 31.4. The van der Waals surface area contributed by atoms with Crippen LogP contribution < -0.4 is 9.47 Å². The molecule has 0 spiro atoms. The van der Waals surface area contributed by atoms with Gasteiger partial charge in [0.1, 0.15) is 18.1 Å². The molecule has 0 N–H and O–H groups in total. The van der Waals surface area contributed by atoms with Gasteiger partial charge in [-0.15, -0.1) is 0 Å². The first-order chi connectivity index (χ1) is 22.0. The van der Waals surface area contributed by atoms with Crippen LogP contribution in [0.25, 0.3) is 22.3 Å². The smallest absolute Gasteiger partial charge is 0.344 e. The third-order valence-corrected chi connectivity index (χ3v) is 8.59. The third kappa shape index (κ3) is 9.45. The molecule has 0 saturated heterocycles. The molecule has 0 atom stereocenters. The molecule has 0 unspecified atom stereocenters. The molecular weight excluding hydrogens is 558 g/mol. The summed E-state index contributed by atoms with van der Waals surface area (Å²) >= 11 is 0. The zero-order valence-corrected chi connectivity index (χ0v) is 27.1. The number of carbonyl (C=O) groups is 1. The Balaban J connectivity index is 1.42. The summed E-state index contributed by atoms with van der Waals surface area (Å²) in [4.78, 5) is 14.2. The Morgan fingerprint density at radius 3 is 2.02 bits per heavy atom. The van der Waals surface area contributed by atoms with Gasteiger partial charge in [-0.25, -0.2) is 4.79 Å². The fourth-order valence-corrected chi connectivity index (χ4v) is 6.14. The largest absolute Gasteiger partial charge is 0.492 e. The summed E-state index contributed by atoms with van der Waals surface area (Å²) in [5.74, 6) is 2.00. The van der Waals surface area contributed by atoms with Gasteiger partial charge in [0.2, 0.25) is 0 Å². The van der Waals surface area contributed by atoms with Gasteiger partial charge in [0.15, 0.2) is 6.61 Å². The fraction of sp³-hybridized carbons (Fsp3) is 0.375. The van der Waals surface area contributed by atoms with Gasteiger partial charge in [0.25, 0.3) is 0 Å². The molecule has 1 aliphatic rings. The van der Waals surface area contributed by atoms with Crippen LogP contribution in [0, 0.1) is 5.92 Å². The summed E-state index contributed by atoms with van der Waals surface area (Å²) in [5, 5.41) is 0. The number of carbonyl (C=O) groups excluding carboxylic acids is 1. The van der Waals surface area contributed by atoms with Crippen molar-refractivity contribution >= 4 is 5.97 Å². The van der Waals surface area contributed by atoms with Crippen molar-refractivity contribution < 1.29 is 19.0 Å². The summed E-state index contributed by atoms with van der Waals surface area (Å²) in [6.07, 6.45) is 8.11. The minimum Gasteiger partial charge on any atom is -0.492 e. The van der Waals surface area contributed by atoms with E-state index in [1.54, 1.807) is 0 Å². The Bertz CT molecular complexity index is 1510. The number of hydrogen-bond donors (Lipinski definition) is 0. The highest BCUT2D eigenvalue weighted by Crippen LogP contribution is 2.35. The van der Waals surface area contributed by atoms with Gasteiger partial charge < -0.3 is 19.1 Å². The standard InChI is InChI=1S/C40H47NO4/c1-4-43-40(42)29-45-39-22-20-35(28-37(39)25-30-11-7-5-8-12-30)34-19-21-38(44-24-23-41(2)3)36(27-34)26-31-15-17-33(18-16-31)32-13-9-6-10-14-32/h6,9-10,13-22,27-28,30H,4-5,7-8,11-12,23-26,29H2,1-3H3. The lowest BCUT2D eigenvalue weighted by atomic mass is 9.84. The maximum absolute atomic E-state index is 12.1. The van der Waals surface area contributed by atoms with Crippen LogP contribution in [0.15, 0.2) is 91.0 Å². The number of likely N-dealkylation sites (N-methyl/N-ethyl adjacent to an activating group) is 1. The topological polar surface area (TPSA) is 48.0 Å². The summed E-state index contributed by atoms with van der Waals surface area (Å²) in [5.41, 5.74) is 8.29. The van der Waals surface area contributed by atoms with E-state index >= 15 is 0 Å². The quantitative estimate of drug-likeness (QED) is 0.135. The predicted molar refractivity (Wildman–Crippen MR) is 183 cm³/mol. The summed E-state index contributed by atoms with van der Waals surface area (Å²) in [6, 6.07) is 32.3. The van der Waals surface area contributed by atoms with Gasteiger partial charge in [-0.2, -0.15) is 0 Å². The lowest BCUT2D eigenvalue weighted by Crippen LogP contribution is -2.19. The van der Waals surface area contributed by atoms with Crippen molar-refractivity contribution in [3.8, 4) is 33.8 Å². The molecule has 236 valence electrons.